The number of hydrogen-bond donors (Lipinski definition) is 1. The summed E-state index contributed by atoms with van der Waals surface area (Å²) >= 11 is 0. The molecule has 88 valence electrons. The van der Waals surface area contributed by atoms with Crippen LogP contribution in [0.2, 0.25) is 0 Å². The quantitative estimate of drug-likeness (QED) is 0.869. The zero-order chi connectivity index (χ0) is 11.7. The van der Waals surface area contributed by atoms with E-state index < -0.39 is 0 Å². The molecular weight excluding hydrogens is 210 g/mol. The maximum Gasteiger partial charge on any atom is 0.0807 e. The van der Waals surface area contributed by atoms with Gasteiger partial charge in [-0.15, -0.1) is 0 Å². The summed E-state index contributed by atoms with van der Waals surface area (Å²) in [5.41, 5.74) is 5.27. The number of aromatic nitrogens is 2. The Hall–Kier alpha value is -1.61. The topological polar surface area (TPSA) is 29.9 Å². The first-order valence-corrected chi connectivity index (χ1v) is 6.13. The second-order valence-corrected chi connectivity index (χ2v) is 4.70. The Labute approximate surface area is 101 Å². The van der Waals surface area contributed by atoms with Crippen molar-refractivity contribution in [3.05, 3.63) is 52.8 Å². The van der Waals surface area contributed by atoms with Crippen molar-refractivity contribution >= 4 is 0 Å². The van der Waals surface area contributed by atoms with Gasteiger partial charge in [0.2, 0.25) is 0 Å². The van der Waals surface area contributed by atoms with E-state index in [1.165, 1.54) is 22.4 Å². The van der Waals surface area contributed by atoms with Crippen molar-refractivity contribution in [3.8, 4) is 0 Å². The summed E-state index contributed by atoms with van der Waals surface area (Å²) in [6, 6.07) is 8.74. The van der Waals surface area contributed by atoms with Crippen LogP contribution < -0.4 is 5.32 Å². The van der Waals surface area contributed by atoms with E-state index >= 15 is 0 Å². The number of aryl methyl sites for hydroxylation is 3. The first-order chi connectivity index (χ1) is 8.31. The summed E-state index contributed by atoms with van der Waals surface area (Å²) in [7, 11) is 0. The Morgan fingerprint density at radius 1 is 1.24 bits per heavy atom. The van der Waals surface area contributed by atoms with Crippen LogP contribution in [0.25, 0.3) is 0 Å². The lowest BCUT2D eigenvalue weighted by Crippen LogP contribution is -2.07. The van der Waals surface area contributed by atoms with Crippen LogP contribution in [0, 0.1) is 6.92 Å². The number of nitrogens with one attached hydrogen (secondary N) is 1. The highest BCUT2D eigenvalue weighted by atomic mass is 15.3. The molecule has 1 aromatic heterocycles. The lowest BCUT2D eigenvalue weighted by molar-refractivity contribution is 0.592. The van der Waals surface area contributed by atoms with Gasteiger partial charge >= 0.3 is 0 Å². The van der Waals surface area contributed by atoms with Gasteiger partial charge in [0.05, 0.1) is 5.69 Å². The summed E-state index contributed by atoms with van der Waals surface area (Å²) in [5, 5.41) is 7.88. The zero-order valence-corrected chi connectivity index (χ0v) is 10.1. The van der Waals surface area contributed by atoms with Crippen molar-refractivity contribution in [2.45, 2.75) is 33.0 Å². The van der Waals surface area contributed by atoms with E-state index in [0.29, 0.717) is 0 Å². The lowest BCUT2D eigenvalue weighted by Gasteiger charge is -2.03. The van der Waals surface area contributed by atoms with Crippen molar-refractivity contribution in [2.75, 3.05) is 0 Å². The normalized spacial score (nSPS) is 13.9. The maximum atomic E-state index is 4.58. The molecule has 3 heteroatoms. The molecule has 0 saturated carbocycles. The van der Waals surface area contributed by atoms with Crippen molar-refractivity contribution in [3.63, 3.8) is 0 Å². The molecule has 1 N–H and O–H groups in total. The van der Waals surface area contributed by atoms with Crippen molar-refractivity contribution < 1.29 is 0 Å². The Morgan fingerprint density at radius 3 is 2.82 bits per heavy atom. The smallest absolute Gasteiger partial charge is 0.0807 e. The molecule has 1 aliphatic heterocycles. The van der Waals surface area contributed by atoms with Crippen LogP contribution in [0.3, 0.4) is 0 Å². The third-order valence-corrected chi connectivity index (χ3v) is 3.28. The Balaban J connectivity index is 1.65. The number of rotatable bonds is 3. The summed E-state index contributed by atoms with van der Waals surface area (Å²) in [5.74, 6) is 0. The number of nitrogens with zero attached hydrogens (tertiary/aromatic N) is 2. The minimum absolute atomic E-state index is 0.923. The van der Waals surface area contributed by atoms with Crippen LogP contribution in [0.15, 0.2) is 30.5 Å². The van der Waals surface area contributed by atoms with Gasteiger partial charge in [-0.05, 0) is 18.9 Å². The monoisotopic (exact) mass is 227 g/mol. The van der Waals surface area contributed by atoms with Gasteiger partial charge in [0, 0.05) is 31.4 Å². The Kier molecular flexibility index (Phi) is 2.69. The largest absolute Gasteiger partial charge is 0.307 e. The fraction of sp³-hybridized carbons (Fsp3) is 0.357. The van der Waals surface area contributed by atoms with E-state index in [0.717, 1.165) is 26.1 Å². The van der Waals surface area contributed by atoms with E-state index in [2.05, 4.69) is 52.5 Å². The van der Waals surface area contributed by atoms with Crippen LogP contribution in [-0.4, -0.2) is 9.78 Å². The van der Waals surface area contributed by atoms with Gasteiger partial charge in [-0.2, -0.15) is 5.10 Å². The van der Waals surface area contributed by atoms with Crippen LogP contribution in [0.5, 0.6) is 0 Å². The predicted molar refractivity (Wildman–Crippen MR) is 67.7 cm³/mol. The second kappa shape index (κ2) is 4.34. The third-order valence-electron chi connectivity index (χ3n) is 3.28. The molecule has 0 spiro atoms. The highest BCUT2D eigenvalue weighted by Crippen LogP contribution is 2.13. The minimum atomic E-state index is 0.923. The highest BCUT2D eigenvalue weighted by molar-refractivity contribution is 5.22. The molecule has 2 aromatic rings. The molecule has 17 heavy (non-hydrogen) atoms. The van der Waals surface area contributed by atoms with E-state index in [1.54, 1.807) is 0 Å². The van der Waals surface area contributed by atoms with Crippen LogP contribution in [0.1, 0.15) is 22.4 Å². The molecule has 0 unspecified atom stereocenters. The van der Waals surface area contributed by atoms with Gasteiger partial charge in [-0.3, -0.25) is 4.68 Å². The molecule has 0 atom stereocenters. The summed E-state index contributed by atoms with van der Waals surface area (Å²) < 4.78 is 2.07. The third kappa shape index (κ3) is 2.24. The number of benzene rings is 1. The van der Waals surface area contributed by atoms with Gasteiger partial charge in [-0.25, -0.2) is 0 Å². The molecule has 0 bridgehead atoms. The van der Waals surface area contributed by atoms with E-state index in [1.807, 2.05) is 0 Å². The standard InChI is InChI=1S/C14H17N3/c1-11-2-4-12(5-3-11)6-7-17-10-13-8-15-9-14(13)16-17/h2-5,10,15H,6-9H2,1H3. The molecule has 0 radical (unpaired) electrons. The molecule has 1 aromatic carbocycles. The lowest BCUT2D eigenvalue weighted by atomic mass is 10.1. The number of hydrogen-bond acceptors (Lipinski definition) is 2. The molecule has 1 aliphatic rings. The van der Waals surface area contributed by atoms with E-state index in [-0.39, 0.29) is 0 Å². The highest BCUT2D eigenvalue weighted by Gasteiger charge is 2.13. The molecule has 2 heterocycles. The van der Waals surface area contributed by atoms with Crippen molar-refractivity contribution in [2.24, 2.45) is 0 Å². The van der Waals surface area contributed by atoms with Crippen LogP contribution in [-0.2, 0) is 26.1 Å². The van der Waals surface area contributed by atoms with Gasteiger partial charge in [-0.1, -0.05) is 29.8 Å². The van der Waals surface area contributed by atoms with Gasteiger partial charge in [0.1, 0.15) is 0 Å². The average molecular weight is 227 g/mol. The Morgan fingerprint density at radius 2 is 2.06 bits per heavy atom. The summed E-state index contributed by atoms with van der Waals surface area (Å²) in [6.45, 7) is 4.98. The summed E-state index contributed by atoms with van der Waals surface area (Å²) in [6.07, 6.45) is 3.22. The van der Waals surface area contributed by atoms with Crippen molar-refractivity contribution in [1.29, 1.82) is 0 Å². The van der Waals surface area contributed by atoms with E-state index in [4.69, 9.17) is 0 Å². The number of fused-ring (bicyclic) bond motifs is 1. The zero-order valence-electron chi connectivity index (χ0n) is 10.1. The molecule has 0 aliphatic carbocycles. The molecule has 0 amide bonds. The van der Waals surface area contributed by atoms with Gasteiger partial charge < -0.3 is 5.32 Å². The van der Waals surface area contributed by atoms with Crippen LogP contribution >= 0.6 is 0 Å². The second-order valence-electron chi connectivity index (χ2n) is 4.70. The van der Waals surface area contributed by atoms with Gasteiger partial charge in [0.15, 0.2) is 0 Å². The fourth-order valence-corrected chi connectivity index (χ4v) is 2.23. The maximum absolute atomic E-state index is 4.58. The molecule has 3 rings (SSSR count). The van der Waals surface area contributed by atoms with E-state index in [9.17, 15) is 0 Å². The Bertz CT molecular complexity index is 489. The fourth-order valence-electron chi connectivity index (χ4n) is 2.23. The first kappa shape index (κ1) is 10.5. The summed E-state index contributed by atoms with van der Waals surface area (Å²) in [4.78, 5) is 0. The van der Waals surface area contributed by atoms with Crippen LogP contribution in [0.4, 0.5) is 0 Å². The first-order valence-electron chi connectivity index (χ1n) is 6.13. The predicted octanol–water partition coefficient (Wildman–Crippen LogP) is 2.04. The SMILES string of the molecule is Cc1ccc(CCn2cc3c(n2)CNC3)cc1. The molecule has 0 saturated heterocycles. The average Bonchev–Trinajstić information content (AvgIpc) is 2.88. The minimum Gasteiger partial charge on any atom is -0.307 e. The van der Waals surface area contributed by atoms with Crippen molar-refractivity contribution in [1.82, 2.24) is 15.1 Å². The molecular formula is C14H17N3. The molecule has 3 nitrogen and oxygen atoms in total. The molecule has 0 fully saturated rings. The van der Waals surface area contributed by atoms with Gasteiger partial charge in [0.25, 0.3) is 0 Å².